The van der Waals surface area contributed by atoms with Crippen LogP contribution in [0.15, 0.2) is 70.6 Å². The predicted octanol–water partition coefficient (Wildman–Crippen LogP) is 4.63. The number of thioether (sulfide) groups is 1. The van der Waals surface area contributed by atoms with Gasteiger partial charge in [0.15, 0.2) is 5.96 Å². The molecule has 1 heterocycles. The lowest BCUT2D eigenvalue weighted by Gasteiger charge is -2.21. The molecule has 164 valence electrons. The molecule has 7 heteroatoms. The van der Waals surface area contributed by atoms with E-state index < -0.39 is 10.8 Å². The summed E-state index contributed by atoms with van der Waals surface area (Å²) in [5.74, 6) is 3.99. The quantitative estimate of drug-likeness (QED) is 0.211. The summed E-state index contributed by atoms with van der Waals surface area (Å²) in [7, 11) is -0.881. The van der Waals surface area contributed by atoms with Gasteiger partial charge in [0.05, 0.1) is 6.54 Å². The summed E-state index contributed by atoms with van der Waals surface area (Å²) >= 11 is 1.94. The first-order chi connectivity index (χ1) is 14.2. The largest absolute Gasteiger partial charge is 0.357 e. The van der Waals surface area contributed by atoms with Gasteiger partial charge in [-0.3, -0.25) is 9.20 Å². The zero-order valence-corrected chi connectivity index (χ0v) is 21.5. The molecule has 2 aromatic carbocycles. The average Bonchev–Trinajstić information content (AvgIpc) is 3.22. The Bertz CT molecular complexity index is 790. The van der Waals surface area contributed by atoms with Crippen molar-refractivity contribution in [2.24, 2.45) is 10.9 Å². The maximum absolute atomic E-state index is 12.4. The highest BCUT2D eigenvalue weighted by atomic mass is 127. The fourth-order valence-corrected chi connectivity index (χ4v) is 5.46. The van der Waals surface area contributed by atoms with Gasteiger partial charge in [0.25, 0.3) is 0 Å². The van der Waals surface area contributed by atoms with Crippen LogP contribution in [0.4, 0.5) is 0 Å². The Hall–Kier alpha value is -1.06. The van der Waals surface area contributed by atoms with E-state index in [9.17, 15) is 4.21 Å². The van der Waals surface area contributed by atoms with Crippen LogP contribution in [0.2, 0.25) is 0 Å². The molecule has 30 heavy (non-hydrogen) atoms. The number of nitrogens with one attached hydrogen (secondary N) is 1. The Kier molecular flexibility index (Phi) is 11.8. The number of halogens is 1. The maximum atomic E-state index is 12.4. The number of guanidine groups is 1. The molecule has 0 spiro atoms. The van der Waals surface area contributed by atoms with Crippen molar-refractivity contribution in [3.8, 4) is 0 Å². The van der Waals surface area contributed by atoms with Crippen LogP contribution in [0.3, 0.4) is 0 Å². The number of aliphatic imine (C=N–C) groups is 1. The number of hydrogen-bond acceptors (Lipinski definition) is 3. The van der Waals surface area contributed by atoms with E-state index in [4.69, 9.17) is 4.99 Å². The summed E-state index contributed by atoms with van der Waals surface area (Å²) in [5, 5.41) is 3.41. The molecule has 0 bridgehead atoms. The van der Waals surface area contributed by atoms with Gasteiger partial charge in [0, 0.05) is 52.6 Å². The van der Waals surface area contributed by atoms with E-state index in [2.05, 4.69) is 47.5 Å². The summed E-state index contributed by atoms with van der Waals surface area (Å²) in [4.78, 5) is 8.46. The van der Waals surface area contributed by atoms with Crippen molar-refractivity contribution in [3.05, 3.63) is 66.2 Å². The van der Waals surface area contributed by atoms with E-state index in [0.717, 1.165) is 36.9 Å². The molecule has 1 saturated heterocycles. The second kappa shape index (κ2) is 14.1. The second-order valence-electron chi connectivity index (χ2n) is 7.23. The lowest BCUT2D eigenvalue weighted by Crippen LogP contribution is -2.40. The maximum Gasteiger partial charge on any atom is 0.193 e. The Morgan fingerprint density at radius 2 is 1.87 bits per heavy atom. The molecule has 0 amide bonds. The van der Waals surface area contributed by atoms with Crippen molar-refractivity contribution in [2.75, 3.05) is 37.7 Å². The van der Waals surface area contributed by atoms with Gasteiger partial charge in [-0.2, -0.15) is 0 Å². The van der Waals surface area contributed by atoms with Crippen molar-refractivity contribution in [1.29, 1.82) is 0 Å². The van der Waals surface area contributed by atoms with Gasteiger partial charge in [-0.1, -0.05) is 48.5 Å². The van der Waals surface area contributed by atoms with E-state index in [1.165, 1.54) is 11.3 Å². The topological polar surface area (TPSA) is 44.7 Å². The third-order valence-corrected chi connectivity index (χ3v) is 7.44. The smallest absolute Gasteiger partial charge is 0.193 e. The first kappa shape index (κ1) is 25.2. The number of nitrogens with zero attached hydrogens (tertiary/aromatic N) is 2. The molecule has 1 aliphatic rings. The third kappa shape index (κ3) is 8.59. The molecule has 0 radical (unpaired) electrons. The highest BCUT2D eigenvalue weighted by molar-refractivity contribution is 14.0. The number of benzene rings is 2. The molecule has 2 atom stereocenters. The van der Waals surface area contributed by atoms with Gasteiger partial charge < -0.3 is 10.2 Å². The zero-order valence-electron chi connectivity index (χ0n) is 17.5. The fraction of sp³-hybridized carbons (Fsp3) is 0.435. The van der Waals surface area contributed by atoms with Gasteiger partial charge in [-0.05, 0) is 37.0 Å². The van der Waals surface area contributed by atoms with Crippen LogP contribution in [0.1, 0.15) is 18.9 Å². The van der Waals surface area contributed by atoms with Crippen molar-refractivity contribution >= 4 is 52.5 Å². The number of rotatable bonds is 9. The molecule has 3 rings (SSSR count). The lowest BCUT2D eigenvalue weighted by atomic mass is 10.2. The molecule has 0 aliphatic carbocycles. The van der Waals surface area contributed by atoms with Gasteiger partial charge in [0.2, 0.25) is 0 Å². The first-order valence-electron chi connectivity index (χ1n) is 10.3. The van der Waals surface area contributed by atoms with Crippen molar-refractivity contribution < 1.29 is 4.21 Å². The summed E-state index contributed by atoms with van der Waals surface area (Å²) in [5.41, 5.74) is 1.13. The summed E-state index contributed by atoms with van der Waals surface area (Å²) in [6, 6.07) is 20.7. The summed E-state index contributed by atoms with van der Waals surface area (Å²) in [6.45, 7) is 5.63. The van der Waals surface area contributed by atoms with Crippen LogP contribution in [0.25, 0.3) is 0 Å². The minimum Gasteiger partial charge on any atom is -0.357 e. The Morgan fingerprint density at radius 3 is 2.57 bits per heavy atom. The molecule has 2 aromatic rings. The van der Waals surface area contributed by atoms with Crippen molar-refractivity contribution in [1.82, 2.24) is 10.2 Å². The van der Waals surface area contributed by atoms with Crippen LogP contribution in [0.5, 0.6) is 0 Å². The summed E-state index contributed by atoms with van der Waals surface area (Å²) < 4.78 is 12.4. The monoisotopic (exact) mass is 557 g/mol. The van der Waals surface area contributed by atoms with E-state index in [1.54, 1.807) is 0 Å². The molecule has 1 N–H and O–H groups in total. The molecule has 0 aromatic heterocycles. The lowest BCUT2D eigenvalue weighted by molar-refractivity contribution is 0.475. The molecular formula is C23H32IN3OS2. The van der Waals surface area contributed by atoms with Gasteiger partial charge in [-0.15, -0.1) is 35.7 Å². The van der Waals surface area contributed by atoms with Crippen molar-refractivity contribution in [2.45, 2.75) is 24.0 Å². The first-order valence-corrected chi connectivity index (χ1v) is 12.8. The average molecular weight is 558 g/mol. The van der Waals surface area contributed by atoms with Crippen LogP contribution < -0.4 is 5.32 Å². The van der Waals surface area contributed by atoms with E-state index in [1.807, 2.05) is 42.1 Å². The Morgan fingerprint density at radius 1 is 1.17 bits per heavy atom. The minimum absolute atomic E-state index is 0. The zero-order chi connectivity index (χ0) is 20.3. The molecule has 4 nitrogen and oxygen atoms in total. The van der Waals surface area contributed by atoms with Crippen LogP contribution in [0, 0.1) is 5.92 Å². The SMILES string of the molecule is CCNC(=NCCS(=O)Cc1ccccc1)N1CCC(CSc2ccccc2)C1.I. The standard InChI is InChI=1S/C23H31N3OS2.HI/c1-2-24-23(25-14-16-29(27)19-20-9-5-3-6-10-20)26-15-13-21(17-26)18-28-22-11-7-4-8-12-22;/h3-12,21H,2,13-19H2,1H3,(H,24,25);1H. The summed E-state index contributed by atoms with van der Waals surface area (Å²) in [6.07, 6.45) is 1.20. The van der Waals surface area contributed by atoms with Crippen LogP contribution in [-0.4, -0.2) is 52.8 Å². The minimum atomic E-state index is -0.881. The Labute approximate surface area is 204 Å². The molecular weight excluding hydrogens is 525 g/mol. The molecule has 1 aliphatic heterocycles. The van der Waals surface area contributed by atoms with Gasteiger partial charge in [-0.25, -0.2) is 0 Å². The molecule has 0 saturated carbocycles. The van der Waals surface area contributed by atoms with Crippen LogP contribution >= 0.6 is 35.7 Å². The highest BCUT2D eigenvalue weighted by Gasteiger charge is 2.24. The number of hydrogen-bond donors (Lipinski definition) is 1. The van der Waals surface area contributed by atoms with Crippen LogP contribution in [-0.2, 0) is 16.6 Å². The van der Waals surface area contributed by atoms with Gasteiger partial charge >= 0.3 is 0 Å². The fourth-order valence-electron chi connectivity index (χ4n) is 3.40. The van der Waals surface area contributed by atoms with Crippen molar-refractivity contribution in [3.63, 3.8) is 0 Å². The Balaban J connectivity index is 0.00000320. The van der Waals surface area contributed by atoms with E-state index >= 15 is 0 Å². The van der Waals surface area contributed by atoms with Gasteiger partial charge in [0.1, 0.15) is 0 Å². The number of likely N-dealkylation sites (tertiary alicyclic amines) is 1. The third-order valence-electron chi connectivity index (χ3n) is 4.90. The van der Waals surface area contributed by atoms with E-state index in [0.29, 0.717) is 24.0 Å². The highest BCUT2D eigenvalue weighted by Crippen LogP contribution is 2.25. The second-order valence-corrected chi connectivity index (χ2v) is 9.90. The van der Waals surface area contributed by atoms with E-state index in [-0.39, 0.29) is 24.0 Å². The normalized spacial score (nSPS) is 17.4. The molecule has 1 fully saturated rings. The molecule has 2 unspecified atom stereocenters. The predicted molar refractivity (Wildman–Crippen MR) is 141 cm³/mol.